The second kappa shape index (κ2) is 50.7. The standard InChI is InChI=1S/C78H118N2O6/c1-5-9-13-17-21-25-29-33-37-41-55-83-75-63-71(65-81)77(85-57-43-39-35-31-27-23-19-15-11-7-3)61-69(75)53-51-67-47-45-49-73(59-67)79-80-74-50-46-48-68(60-74)52-54-70-62-78(86-58-44-40-36-32-28-24-20-16-12-8-4)72(66-82)64-76(70)84-56-42-38-34-30-26-22-18-14-10-6-2/h45-50,59-64,81-82H,5-44,55-58,65-66H2,1-4H3. The maximum absolute atomic E-state index is 10.5. The summed E-state index contributed by atoms with van der Waals surface area (Å²) >= 11 is 0. The van der Waals surface area contributed by atoms with Gasteiger partial charge in [0.05, 0.1) is 62.1 Å². The topological polar surface area (TPSA) is 102 Å². The normalized spacial score (nSPS) is 11.2. The van der Waals surface area contributed by atoms with Crippen LogP contribution in [0.4, 0.5) is 11.4 Å². The Kier molecular flexibility index (Phi) is 43.1. The molecule has 0 heterocycles. The lowest BCUT2D eigenvalue weighted by atomic mass is 10.1. The summed E-state index contributed by atoms with van der Waals surface area (Å²) in [6.07, 6.45) is 50.4. The van der Waals surface area contributed by atoms with Gasteiger partial charge in [0.1, 0.15) is 23.0 Å². The van der Waals surface area contributed by atoms with Crippen molar-refractivity contribution in [2.24, 2.45) is 10.2 Å². The van der Waals surface area contributed by atoms with Gasteiger partial charge in [-0.1, -0.05) is 295 Å². The molecule has 86 heavy (non-hydrogen) atoms. The summed E-state index contributed by atoms with van der Waals surface area (Å²) in [7, 11) is 0. The number of hydrogen-bond donors (Lipinski definition) is 2. The van der Waals surface area contributed by atoms with Gasteiger partial charge in [-0.05, 0) is 86.3 Å². The van der Waals surface area contributed by atoms with E-state index in [1.165, 1.54) is 205 Å². The molecular formula is C78H118N2O6. The first-order valence-electron chi connectivity index (χ1n) is 35.2. The average molecular weight is 1180 g/mol. The van der Waals surface area contributed by atoms with Gasteiger partial charge in [-0.15, -0.1) is 0 Å². The van der Waals surface area contributed by atoms with Crippen molar-refractivity contribution in [3.63, 3.8) is 0 Å². The number of hydrogen-bond acceptors (Lipinski definition) is 8. The van der Waals surface area contributed by atoms with E-state index < -0.39 is 0 Å². The van der Waals surface area contributed by atoms with Crippen molar-refractivity contribution in [3.8, 4) is 46.7 Å². The van der Waals surface area contributed by atoms with Crippen molar-refractivity contribution >= 4 is 11.4 Å². The fourth-order valence-electron chi connectivity index (χ4n) is 10.9. The van der Waals surface area contributed by atoms with Crippen LogP contribution >= 0.6 is 0 Å². The molecule has 0 atom stereocenters. The second-order valence-electron chi connectivity index (χ2n) is 24.2. The lowest BCUT2D eigenvalue weighted by Crippen LogP contribution is -2.04. The first kappa shape index (κ1) is 73.2. The Morgan fingerprint density at radius 1 is 0.291 bits per heavy atom. The van der Waals surface area contributed by atoms with Crippen molar-refractivity contribution < 1.29 is 29.2 Å². The van der Waals surface area contributed by atoms with E-state index in [9.17, 15) is 10.2 Å². The average Bonchev–Trinajstić information content (AvgIpc) is 2.16. The quantitative estimate of drug-likeness (QED) is 0.0259. The summed E-state index contributed by atoms with van der Waals surface area (Å²) in [5.41, 5.74) is 5.87. The molecule has 0 amide bonds. The minimum Gasteiger partial charge on any atom is -0.493 e. The van der Waals surface area contributed by atoms with E-state index in [1.54, 1.807) is 0 Å². The fourth-order valence-corrected chi connectivity index (χ4v) is 10.9. The molecule has 0 aliphatic carbocycles. The minimum atomic E-state index is -0.136. The number of rotatable bonds is 52. The number of aliphatic hydroxyl groups is 2. The molecule has 4 rings (SSSR count). The van der Waals surface area contributed by atoms with Crippen LogP contribution in [0, 0.1) is 23.7 Å². The Morgan fingerprint density at radius 3 is 0.814 bits per heavy atom. The molecule has 8 nitrogen and oxygen atoms in total. The van der Waals surface area contributed by atoms with Gasteiger partial charge in [-0.3, -0.25) is 0 Å². The SMILES string of the molecule is CCCCCCCCCCCCOc1cc(CO)c(OCCCCCCCCCCCC)cc1C#Cc1cccc(N=Nc2cccc(C#Cc3cc(OCCCCCCCCCCCC)c(CO)cc3OCCCCCCCCCCCC)c2)c1. The number of ether oxygens (including phenoxy) is 4. The lowest BCUT2D eigenvalue weighted by molar-refractivity contribution is 0.256. The minimum absolute atomic E-state index is 0.136. The van der Waals surface area contributed by atoms with Crippen LogP contribution in [0.15, 0.2) is 83.0 Å². The molecule has 8 heteroatoms. The molecule has 0 unspecified atom stereocenters. The van der Waals surface area contributed by atoms with Crippen LogP contribution in [0.2, 0.25) is 0 Å². The van der Waals surface area contributed by atoms with Crippen molar-refractivity contribution in [3.05, 3.63) is 106 Å². The van der Waals surface area contributed by atoms with Crippen LogP contribution in [0.25, 0.3) is 0 Å². The number of unbranched alkanes of at least 4 members (excludes halogenated alkanes) is 36. The highest BCUT2D eigenvalue weighted by Crippen LogP contribution is 2.32. The molecule has 0 bridgehead atoms. The third kappa shape index (κ3) is 34.3. The van der Waals surface area contributed by atoms with Gasteiger partial charge in [0.2, 0.25) is 0 Å². The molecule has 4 aromatic carbocycles. The number of nitrogens with zero attached hydrogens (tertiary/aromatic N) is 2. The van der Waals surface area contributed by atoms with Gasteiger partial charge in [0, 0.05) is 22.3 Å². The van der Waals surface area contributed by atoms with Gasteiger partial charge >= 0.3 is 0 Å². The summed E-state index contributed by atoms with van der Waals surface area (Å²) < 4.78 is 25.6. The van der Waals surface area contributed by atoms with Gasteiger partial charge in [-0.25, -0.2) is 0 Å². The predicted molar refractivity (Wildman–Crippen MR) is 363 cm³/mol. The van der Waals surface area contributed by atoms with E-state index in [-0.39, 0.29) is 13.2 Å². The van der Waals surface area contributed by atoms with E-state index in [1.807, 2.05) is 72.8 Å². The fraction of sp³-hybridized carbons (Fsp3) is 0.641. The molecule has 476 valence electrons. The number of benzene rings is 4. The summed E-state index contributed by atoms with van der Waals surface area (Å²) in [5, 5.41) is 30.3. The molecule has 0 saturated heterocycles. The van der Waals surface area contributed by atoms with Crippen LogP contribution in [0.3, 0.4) is 0 Å². The van der Waals surface area contributed by atoms with Crippen LogP contribution in [0.1, 0.15) is 318 Å². The van der Waals surface area contributed by atoms with Gasteiger partial charge in [-0.2, -0.15) is 10.2 Å². The van der Waals surface area contributed by atoms with Crippen molar-refractivity contribution in [2.75, 3.05) is 26.4 Å². The highest BCUT2D eigenvalue weighted by atomic mass is 16.5. The third-order valence-corrected chi connectivity index (χ3v) is 16.3. The van der Waals surface area contributed by atoms with Gasteiger partial charge in [0.25, 0.3) is 0 Å². The Balaban J connectivity index is 1.45. The molecule has 0 spiro atoms. The monoisotopic (exact) mass is 1180 g/mol. The van der Waals surface area contributed by atoms with Gasteiger partial charge in [0.15, 0.2) is 0 Å². The van der Waals surface area contributed by atoms with E-state index in [2.05, 4.69) is 61.6 Å². The van der Waals surface area contributed by atoms with Crippen molar-refractivity contribution in [1.82, 2.24) is 0 Å². The Bertz CT molecular complexity index is 2320. The van der Waals surface area contributed by atoms with E-state index >= 15 is 0 Å². The smallest absolute Gasteiger partial charge is 0.135 e. The zero-order valence-corrected chi connectivity index (χ0v) is 54.9. The van der Waals surface area contributed by atoms with E-state index in [0.717, 1.165) is 84.7 Å². The maximum Gasteiger partial charge on any atom is 0.135 e. The molecule has 4 aromatic rings. The lowest BCUT2D eigenvalue weighted by Gasteiger charge is -2.15. The molecular weight excluding hydrogens is 1060 g/mol. The predicted octanol–water partition coefficient (Wildman–Crippen LogP) is 23.1. The summed E-state index contributed by atoms with van der Waals surface area (Å²) in [6, 6.07) is 23.3. The third-order valence-electron chi connectivity index (χ3n) is 16.3. The molecule has 0 saturated carbocycles. The molecule has 0 fully saturated rings. The van der Waals surface area contributed by atoms with Crippen LogP contribution in [0.5, 0.6) is 23.0 Å². The van der Waals surface area contributed by atoms with Crippen LogP contribution in [-0.4, -0.2) is 36.6 Å². The van der Waals surface area contributed by atoms with Crippen LogP contribution < -0.4 is 18.9 Å². The van der Waals surface area contributed by atoms with Crippen molar-refractivity contribution in [1.29, 1.82) is 0 Å². The van der Waals surface area contributed by atoms with E-state index in [4.69, 9.17) is 18.9 Å². The number of aliphatic hydroxyl groups excluding tert-OH is 2. The molecule has 0 aliphatic heterocycles. The van der Waals surface area contributed by atoms with Crippen molar-refractivity contribution in [2.45, 2.75) is 298 Å². The summed E-state index contributed by atoms with van der Waals surface area (Å²) in [4.78, 5) is 0. The Labute approximate surface area is 525 Å². The zero-order chi connectivity index (χ0) is 61.0. The van der Waals surface area contributed by atoms with Gasteiger partial charge < -0.3 is 29.2 Å². The first-order chi connectivity index (χ1) is 42.5. The summed E-state index contributed by atoms with van der Waals surface area (Å²) in [5.74, 6) is 16.2. The van der Waals surface area contributed by atoms with E-state index in [0.29, 0.717) is 60.8 Å². The highest BCUT2D eigenvalue weighted by molar-refractivity contribution is 5.58. The highest BCUT2D eigenvalue weighted by Gasteiger charge is 2.14. The maximum atomic E-state index is 10.5. The Morgan fingerprint density at radius 2 is 0.547 bits per heavy atom. The largest absolute Gasteiger partial charge is 0.493 e. The Hall–Kier alpha value is -5.28. The summed E-state index contributed by atoms with van der Waals surface area (Å²) in [6.45, 7) is 11.2. The molecule has 0 aromatic heterocycles. The van der Waals surface area contributed by atoms with Crippen LogP contribution in [-0.2, 0) is 13.2 Å². The second-order valence-corrected chi connectivity index (χ2v) is 24.2. The molecule has 0 radical (unpaired) electrons. The first-order valence-corrected chi connectivity index (χ1v) is 35.2. The number of azo groups is 1. The molecule has 0 aliphatic rings. The zero-order valence-electron chi connectivity index (χ0n) is 54.9. The molecule has 2 N–H and O–H groups in total.